The second kappa shape index (κ2) is 7.27. The Balaban J connectivity index is 1.55. The molecule has 0 radical (unpaired) electrons. The van der Waals surface area contributed by atoms with Crippen molar-refractivity contribution in [2.45, 2.75) is 77.0 Å². The van der Waals surface area contributed by atoms with E-state index < -0.39 is 5.97 Å². The van der Waals surface area contributed by atoms with Gasteiger partial charge in [-0.1, -0.05) is 19.3 Å². The van der Waals surface area contributed by atoms with Gasteiger partial charge in [-0.2, -0.15) is 5.10 Å². The van der Waals surface area contributed by atoms with Crippen molar-refractivity contribution in [3.8, 4) is 0 Å². The van der Waals surface area contributed by atoms with Crippen LogP contribution < -0.4 is 10.8 Å². The Hall–Kier alpha value is -2.61. The van der Waals surface area contributed by atoms with E-state index in [0.29, 0.717) is 12.8 Å². The number of carboxylic acid groups (broad SMARTS) is 1. The molecule has 8 heteroatoms. The van der Waals surface area contributed by atoms with Crippen molar-refractivity contribution in [1.29, 1.82) is 0 Å². The minimum Gasteiger partial charge on any atom is -0.481 e. The first-order valence-electron chi connectivity index (χ1n) is 11.0. The van der Waals surface area contributed by atoms with Crippen LogP contribution in [0, 0.1) is 12.8 Å². The number of rotatable bonds is 5. The van der Waals surface area contributed by atoms with Gasteiger partial charge in [0.15, 0.2) is 5.65 Å². The lowest BCUT2D eigenvalue weighted by Crippen LogP contribution is -2.39. The van der Waals surface area contributed by atoms with E-state index in [4.69, 9.17) is 9.82 Å². The highest BCUT2D eigenvalue weighted by molar-refractivity contribution is 5.98. The fraction of sp³-hybridized carbons (Fsp3) is 0.591. The van der Waals surface area contributed by atoms with Crippen LogP contribution in [0.15, 0.2) is 12.3 Å². The lowest BCUT2D eigenvalue weighted by Gasteiger charge is -2.34. The fourth-order valence-corrected chi connectivity index (χ4v) is 5.04. The molecule has 8 nitrogen and oxygen atoms in total. The van der Waals surface area contributed by atoms with E-state index >= 15 is 0 Å². The molecule has 2 fully saturated rings. The van der Waals surface area contributed by atoms with Gasteiger partial charge in [0, 0.05) is 24.3 Å². The standard InChI is InChI=1S/C22H29N5O3/c1-3-27-20-18(13(2)25-27)19(24-15-9-14(10-15)21(28)29)16(12-23-20)17-11-22(30-26-17)7-5-4-6-8-22/h11-12,14-15,26H,3-10H2,1-2H3,(H,23,24)(H,28,29). The lowest BCUT2D eigenvalue weighted by molar-refractivity contribution is -0.144. The fourth-order valence-electron chi connectivity index (χ4n) is 5.04. The highest BCUT2D eigenvalue weighted by atomic mass is 16.7. The summed E-state index contributed by atoms with van der Waals surface area (Å²) in [5.74, 6) is -0.976. The number of aromatic nitrogens is 3. The van der Waals surface area contributed by atoms with E-state index in [0.717, 1.165) is 53.1 Å². The van der Waals surface area contributed by atoms with Crippen LogP contribution in [0.25, 0.3) is 16.7 Å². The number of carboxylic acids is 1. The molecule has 1 spiro atoms. The van der Waals surface area contributed by atoms with Crippen LogP contribution in [-0.4, -0.2) is 37.5 Å². The highest BCUT2D eigenvalue weighted by Gasteiger charge is 2.39. The first kappa shape index (κ1) is 19.4. The van der Waals surface area contributed by atoms with Crippen molar-refractivity contribution in [2.75, 3.05) is 5.32 Å². The molecule has 0 amide bonds. The Morgan fingerprint density at radius 3 is 2.83 bits per heavy atom. The molecule has 3 N–H and O–H groups in total. The van der Waals surface area contributed by atoms with E-state index in [1.165, 1.54) is 19.3 Å². The SMILES string of the molecule is CCn1nc(C)c2c(NC3CC(C(=O)O)C3)c(C3=CC4(CCCCC4)ON3)cnc21. The minimum absolute atomic E-state index is 0.131. The zero-order chi connectivity index (χ0) is 20.9. The first-order valence-corrected chi connectivity index (χ1v) is 11.0. The van der Waals surface area contributed by atoms with Gasteiger partial charge in [0.1, 0.15) is 5.60 Å². The monoisotopic (exact) mass is 411 g/mol. The van der Waals surface area contributed by atoms with Gasteiger partial charge in [0.25, 0.3) is 0 Å². The molecule has 0 aromatic carbocycles. The number of carbonyl (C=O) groups is 1. The van der Waals surface area contributed by atoms with E-state index in [1.54, 1.807) is 0 Å². The van der Waals surface area contributed by atoms with Gasteiger partial charge >= 0.3 is 5.97 Å². The molecule has 0 saturated heterocycles. The van der Waals surface area contributed by atoms with Crippen molar-refractivity contribution in [2.24, 2.45) is 5.92 Å². The molecular formula is C22H29N5O3. The Labute approximate surface area is 175 Å². The Morgan fingerprint density at radius 1 is 1.37 bits per heavy atom. The van der Waals surface area contributed by atoms with Crippen LogP contribution in [0.2, 0.25) is 0 Å². The zero-order valence-electron chi connectivity index (χ0n) is 17.6. The van der Waals surface area contributed by atoms with Crippen LogP contribution in [0.4, 0.5) is 5.69 Å². The van der Waals surface area contributed by atoms with E-state index in [-0.39, 0.29) is 17.6 Å². The summed E-state index contributed by atoms with van der Waals surface area (Å²) in [6, 6.07) is 0.131. The predicted molar refractivity (Wildman–Crippen MR) is 114 cm³/mol. The molecule has 2 saturated carbocycles. The van der Waals surface area contributed by atoms with Gasteiger partial charge in [0.05, 0.1) is 28.4 Å². The van der Waals surface area contributed by atoms with E-state index in [2.05, 4.69) is 28.9 Å². The summed E-state index contributed by atoms with van der Waals surface area (Å²) < 4.78 is 1.91. The van der Waals surface area contributed by atoms with Crippen molar-refractivity contribution in [3.63, 3.8) is 0 Å². The third kappa shape index (κ3) is 3.14. The maximum absolute atomic E-state index is 11.2. The van der Waals surface area contributed by atoms with E-state index in [1.807, 2.05) is 17.8 Å². The first-order chi connectivity index (χ1) is 14.5. The average Bonchev–Trinajstić information content (AvgIpc) is 3.25. The lowest BCUT2D eigenvalue weighted by atomic mass is 9.80. The summed E-state index contributed by atoms with van der Waals surface area (Å²) in [5.41, 5.74) is 7.59. The molecule has 3 heterocycles. The molecule has 2 aromatic rings. The average molecular weight is 412 g/mol. The van der Waals surface area contributed by atoms with Crippen LogP contribution >= 0.6 is 0 Å². The van der Waals surface area contributed by atoms with Gasteiger partial charge < -0.3 is 10.4 Å². The number of fused-ring (bicyclic) bond motifs is 1. The molecule has 2 aromatic heterocycles. The molecule has 160 valence electrons. The number of hydrogen-bond donors (Lipinski definition) is 3. The van der Waals surface area contributed by atoms with Gasteiger partial charge in [-0.05, 0) is 45.6 Å². The third-order valence-corrected chi connectivity index (χ3v) is 6.83. The summed E-state index contributed by atoms with van der Waals surface area (Å²) in [4.78, 5) is 22.1. The molecule has 0 atom stereocenters. The smallest absolute Gasteiger partial charge is 0.306 e. The van der Waals surface area contributed by atoms with Crippen LogP contribution in [0.5, 0.6) is 0 Å². The minimum atomic E-state index is -0.712. The maximum Gasteiger partial charge on any atom is 0.306 e. The zero-order valence-corrected chi connectivity index (χ0v) is 17.6. The molecular weight excluding hydrogens is 382 g/mol. The second-order valence-corrected chi connectivity index (χ2v) is 8.88. The van der Waals surface area contributed by atoms with Crippen LogP contribution in [0.3, 0.4) is 0 Å². The number of aliphatic carboxylic acids is 1. The molecule has 0 unspecified atom stereocenters. The van der Waals surface area contributed by atoms with E-state index in [9.17, 15) is 9.90 Å². The van der Waals surface area contributed by atoms with Crippen molar-refractivity contribution >= 4 is 28.4 Å². The molecule has 2 aliphatic carbocycles. The summed E-state index contributed by atoms with van der Waals surface area (Å²) in [5, 5.41) is 18.5. The quantitative estimate of drug-likeness (QED) is 0.691. The number of nitrogens with zero attached hydrogens (tertiary/aromatic N) is 3. The number of hydrogen-bond acceptors (Lipinski definition) is 6. The van der Waals surface area contributed by atoms with Gasteiger partial charge in [0.2, 0.25) is 0 Å². The Morgan fingerprint density at radius 2 is 2.13 bits per heavy atom. The number of hydroxylamine groups is 1. The Bertz CT molecular complexity index is 1020. The molecule has 5 rings (SSSR count). The molecule has 0 bridgehead atoms. The van der Waals surface area contributed by atoms with Crippen LogP contribution in [-0.2, 0) is 16.2 Å². The predicted octanol–water partition coefficient (Wildman–Crippen LogP) is 3.61. The summed E-state index contributed by atoms with van der Waals surface area (Å²) in [6.45, 7) is 4.80. The van der Waals surface area contributed by atoms with Crippen molar-refractivity contribution in [3.05, 3.63) is 23.5 Å². The topological polar surface area (TPSA) is 101 Å². The van der Waals surface area contributed by atoms with Crippen molar-refractivity contribution in [1.82, 2.24) is 20.2 Å². The number of pyridine rings is 1. The normalized spacial score (nSPS) is 25.1. The Kier molecular flexibility index (Phi) is 4.69. The maximum atomic E-state index is 11.2. The van der Waals surface area contributed by atoms with Gasteiger partial charge in [-0.25, -0.2) is 9.67 Å². The van der Waals surface area contributed by atoms with Gasteiger partial charge in [-0.3, -0.25) is 15.1 Å². The van der Waals surface area contributed by atoms with Crippen LogP contribution in [0.1, 0.15) is 63.1 Å². The largest absolute Gasteiger partial charge is 0.481 e. The second-order valence-electron chi connectivity index (χ2n) is 8.88. The molecule has 30 heavy (non-hydrogen) atoms. The molecule has 1 aliphatic heterocycles. The van der Waals surface area contributed by atoms with Gasteiger partial charge in [-0.15, -0.1) is 0 Å². The molecule has 3 aliphatic rings. The summed E-state index contributed by atoms with van der Waals surface area (Å²) in [7, 11) is 0. The number of aryl methyl sites for hydroxylation is 2. The number of anilines is 1. The summed E-state index contributed by atoms with van der Waals surface area (Å²) >= 11 is 0. The number of nitrogens with one attached hydrogen (secondary N) is 2. The van der Waals surface area contributed by atoms with Crippen molar-refractivity contribution < 1.29 is 14.7 Å². The summed E-state index contributed by atoms with van der Waals surface area (Å²) in [6.07, 6.45) is 11.0. The third-order valence-electron chi connectivity index (χ3n) is 6.83. The highest BCUT2D eigenvalue weighted by Crippen LogP contribution is 2.42.